The van der Waals surface area contributed by atoms with E-state index in [4.69, 9.17) is 0 Å². The molecule has 0 aromatic heterocycles. The second kappa shape index (κ2) is 7.85. The Bertz CT molecular complexity index is 350. The lowest BCUT2D eigenvalue weighted by Gasteiger charge is -2.08. The number of carbonyl (C=O) groups excluding carboxylic acids is 1. The van der Waals surface area contributed by atoms with Crippen molar-refractivity contribution in [1.82, 2.24) is 5.32 Å². The molecule has 0 heterocycles. The van der Waals surface area contributed by atoms with E-state index in [0.29, 0.717) is 6.42 Å². The van der Waals surface area contributed by atoms with Crippen molar-refractivity contribution in [2.75, 3.05) is 18.4 Å². The molecule has 1 rings (SSSR count). The normalized spacial score (nSPS) is 10.2. The average molecular weight is 234 g/mol. The number of hydrogen-bond donors (Lipinski definition) is 2. The van der Waals surface area contributed by atoms with Gasteiger partial charge in [-0.05, 0) is 31.5 Å². The molecule has 1 amide bonds. The summed E-state index contributed by atoms with van der Waals surface area (Å²) in [5.74, 6) is 0.0725. The van der Waals surface area contributed by atoms with Crippen LogP contribution in [0.25, 0.3) is 0 Å². The van der Waals surface area contributed by atoms with Crippen LogP contribution in [0.3, 0.4) is 0 Å². The minimum atomic E-state index is 0.0725. The Morgan fingerprint density at radius 1 is 1.24 bits per heavy atom. The topological polar surface area (TPSA) is 41.1 Å². The van der Waals surface area contributed by atoms with Gasteiger partial charge in [-0.3, -0.25) is 4.79 Å². The lowest BCUT2D eigenvalue weighted by atomic mass is 10.2. The predicted molar refractivity (Wildman–Crippen MR) is 72.2 cm³/mol. The van der Waals surface area contributed by atoms with Crippen LogP contribution in [0.1, 0.15) is 31.7 Å². The van der Waals surface area contributed by atoms with Crippen molar-refractivity contribution in [3.05, 3.63) is 29.8 Å². The third kappa shape index (κ3) is 5.50. The molecule has 17 heavy (non-hydrogen) atoms. The van der Waals surface area contributed by atoms with Crippen molar-refractivity contribution in [1.29, 1.82) is 0 Å². The number of anilines is 1. The van der Waals surface area contributed by atoms with E-state index in [1.165, 1.54) is 12.8 Å². The van der Waals surface area contributed by atoms with Gasteiger partial charge in [0.15, 0.2) is 0 Å². The van der Waals surface area contributed by atoms with Crippen LogP contribution in [-0.4, -0.2) is 19.0 Å². The molecule has 0 atom stereocenters. The third-order valence-electron chi connectivity index (χ3n) is 2.66. The van der Waals surface area contributed by atoms with E-state index in [1.807, 2.05) is 31.2 Å². The molecule has 0 aliphatic carbocycles. The van der Waals surface area contributed by atoms with Crippen molar-refractivity contribution >= 4 is 11.6 Å². The smallest absolute Gasteiger partial charge is 0.225 e. The van der Waals surface area contributed by atoms with Crippen LogP contribution < -0.4 is 10.6 Å². The molecule has 0 bridgehead atoms. The summed E-state index contributed by atoms with van der Waals surface area (Å²) in [6.07, 6.45) is 2.87. The summed E-state index contributed by atoms with van der Waals surface area (Å²) >= 11 is 0. The highest BCUT2D eigenvalue weighted by molar-refractivity contribution is 5.91. The molecule has 94 valence electrons. The molecular formula is C14H22N2O. The molecule has 0 saturated heterocycles. The summed E-state index contributed by atoms with van der Waals surface area (Å²) in [4.78, 5) is 11.6. The zero-order valence-electron chi connectivity index (χ0n) is 10.8. The van der Waals surface area contributed by atoms with Crippen molar-refractivity contribution in [3.8, 4) is 0 Å². The Hall–Kier alpha value is -1.35. The number of carbonyl (C=O) groups is 1. The van der Waals surface area contributed by atoms with E-state index in [-0.39, 0.29) is 5.91 Å². The fourth-order valence-corrected chi connectivity index (χ4v) is 1.55. The van der Waals surface area contributed by atoms with Gasteiger partial charge >= 0.3 is 0 Å². The largest absolute Gasteiger partial charge is 0.326 e. The minimum absolute atomic E-state index is 0.0725. The number of amides is 1. The SMILES string of the molecule is CCCCNCCC(=O)Nc1ccccc1C. The highest BCUT2D eigenvalue weighted by atomic mass is 16.1. The molecular weight excluding hydrogens is 212 g/mol. The molecule has 3 heteroatoms. The van der Waals surface area contributed by atoms with Crippen LogP contribution >= 0.6 is 0 Å². The first-order chi connectivity index (χ1) is 8.24. The van der Waals surface area contributed by atoms with E-state index in [2.05, 4.69) is 17.6 Å². The molecule has 1 aromatic carbocycles. The lowest BCUT2D eigenvalue weighted by Crippen LogP contribution is -2.22. The maximum Gasteiger partial charge on any atom is 0.225 e. The molecule has 2 N–H and O–H groups in total. The molecule has 3 nitrogen and oxygen atoms in total. The summed E-state index contributed by atoms with van der Waals surface area (Å²) < 4.78 is 0. The van der Waals surface area contributed by atoms with Gasteiger partial charge in [0.2, 0.25) is 5.91 Å². The Morgan fingerprint density at radius 2 is 2.00 bits per heavy atom. The average Bonchev–Trinajstić information content (AvgIpc) is 2.32. The first kappa shape index (κ1) is 13.7. The van der Waals surface area contributed by atoms with Crippen molar-refractivity contribution in [3.63, 3.8) is 0 Å². The second-order valence-electron chi connectivity index (χ2n) is 4.22. The number of aryl methyl sites for hydroxylation is 1. The maximum atomic E-state index is 11.6. The number of hydrogen-bond acceptors (Lipinski definition) is 2. The van der Waals surface area contributed by atoms with Crippen LogP contribution in [-0.2, 0) is 4.79 Å². The quantitative estimate of drug-likeness (QED) is 0.712. The summed E-state index contributed by atoms with van der Waals surface area (Å²) in [6.45, 7) is 5.90. The highest BCUT2D eigenvalue weighted by Crippen LogP contribution is 2.12. The van der Waals surface area contributed by atoms with Gasteiger partial charge in [0.25, 0.3) is 0 Å². The summed E-state index contributed by atoms with van der Waals surface area (Å²) in [7, 11) is 0. The van der Waals surface area contributed by atoms with Gasteiger partial charge < -0.3 is 10.6 Å². The summed E-state index contributed by atoms with van der Waals surface area (Å²) in [6, 6.07) is 7.83. The molecule has 0 saturated carbocycles. The summed E-state index contributed by atoms with van der Waals surface area (Å²) in [5.41, 5.74) is 2.01. The Labute approximate surface area is 104 Å². The van der Waals surface area contributed by atoms with Gasteiger partial charge in [0.05, 0.1) is 0 Å². The fourth-order valence-electron chi connectivity index (χ4n) is 1.55. The third-order valence-corrected chi connectivity index (χ3v) is 2.66. The Kier molecular flexibility index (Phi) is 6.33. The number of rotatable bonds is 7. The monoisotopic (exact) mass is 234 g/mol. The van der Waals surface area contributed by atoms with Crippen molar-refractivity contribution in [2.45, 2.75) is 33.1 Å². The van der Waals surface area contributed by atoms with Crippen LogP contribution in [0.15, 0.2) is 24.3 Å². The van der Waals surface area contributed by atoms with E-state index in [0.717, 1.165) is 24.3 Å². The molecule has 0 spiro atoms. The van der Waals surface area contributed by atoms with Crippen LogP contribution in [0.5, 0.6) is 0 Å². The first-order valence-electron chi connectivity index (χ1n) is 6.30. The summed E-state index contributed by atoms with van der Waals surface area (Å²) in [5, 5.41) is 6.18. The van der Waals surface area contributed by atoms with Gasteiger partial charge in [-0.25, -0.2) is 0 Å². The van der Waals surface area contributed by atoms with E-state index >= 15 is 0 Å². The van der Waals surface area contributed by atoms with Crippen molar-refractivity contribution in [2.24, 2.45) is 0 Å². The lowest BCUT2D eigenvalue weighted by molar-refractivity contribution is -0.116. The molecule has 1 aromatic rings. The Balaban J connectivity index is 2.23. The number of benzene rings is 1. The molecule has 0 fully saturated rings. The maximum absolute atomic E-state index is 11.6. The zero-order valence-corrected chi connectivity index (χ0v) is 10.8. The number of para-hydroxylation sites is 1. The van der Waals surface area contributed by atoms with Gasteiger partial charge in [0.1, 0.15) is 0 Å². The Morgan fingerprint density at radius 3 is 2.71 bits per heavy atom. The molecule has 0 radical (unpaired) electrons. The van der Waals surface area contributed by atoms with Crippen LogP contribution in [0, 0.1) is 6.92 Å². The van der Waals surface area contributed by atoms with Gasteiger partial charge in [-0.15, -0.1) is 0 Å². The van der Waals surface area contributed by atoms with Crippen molar-refractivity contribution < 1.29 is 4.79 Å². The van der Waals surface area contributed by atoms with E-state index < -0.39 is 0 Å². The first-order valence-corrected chi connectivity index (χ1v) is 6.30. The fraction of sp³-hybridized carbons (Fsp3) is 0.500. The van der Waals surface area contributed by atoms with Crippen LogP contribution in [0.2, 0.25) is 0 Å². The molecule has 0 aliphatic rings. The second-order valence-corrected chi connectivity index (χ2v) is 4.22. The van der Waals surface area contributed by atoms with E-state index in [9.17, 15) is 4.79 Å². The van der Waals surface area contributed by atoms with Crippen LogP contribution in [0.4, 0.5) is 5.69 Å². The number of unbranched alkanes of at least 4 members (excludes halogenated alkanes) is 1. The van der Waals surface area contributed by atoms with Gasteiger partial charge in [-0.1, -0.05) is 31.5 Å². The van der Waals surface area contributed by atoms with Gasteiger partial charge in [-0.2, -0.15) is 0 Å². The molecule has 0 aliphatic heterocycles. The van der Waals surface area contributed by atoms with Gasteiger partial charge in [0, 0.05) is 18.7 Å². The zero-order chi connectivity index (χ0) is 12.5. The standard InChI is InChI=1S/C14H22N2O/c1-3-4-10-15-11-9-14(17)16-13-8-6-5-7-12(13)2/h5-8,15H,3-4,9-11H2,1-2H3,(H,16,17). The molecule has 0 unspecified atom stereocenters. The number of nitrogens with one attached hydrogen (secondary N) is 2. The predicted octanol–water partition coefficient (Wildman–Crippen LogP) is 2.71. The highest BCUT2D eigenvalue weighted by Gasteiger charge is 2.03. The minimum Gasteiger partial charge on any atom is -0.326 e. The van der Waals surface area contributed by atoms with E-state index in [1.54, 1.807) is 0 Å².